The van der Waals surface area contributed by atoms with Crippen LogP contribution < -0.4 is 5.73 Å². The van der Waals surface area contributed by atoms with Crippen LogP contribution in [0.2, 0.25) is 0 Å². The average molecular weight is 175 g/mol. The van der Waals surface area contributed by atoms with Crippen LogP contribution in [0.4, 0.5) is 0 Å². The number of aliphatic hydroxyl groups excluding tert-OH is 1. The third kappa shape index (κ3) is 1.14. The summed E-state index contributed by atoms with van der Waals surface area (Å²) in [4.78, 5) is 0. The Bertz CT molecular complexity index is 178. The first-order valence-corrected chi connectivity index (χ1v) is 3.94. The third-order valence-electron chi connectivity index (χ3n) is 2.07. The van der Waals surface area contributed by atoms with Crippen LogP contribution in [0.1, 0.15) is 13.8 Å². The highest BCUT2D eigenvalue weighted by Gasteiger charge is 2.53. The molecule has 0 saturated carbocycles. The fraction of sp³-hybridized carbons (Fsp3) is 1.00. The zero-order chi connectivity index (χ0) is 8.93. The topological polar surface area (TPSA) is 73.9 Å². The lowest BCUT2D eigenvalue weighted by atomic mass is 10.2. The molecule has 0 spiro atoms. The van der Waals surface area contributed by atoms with E-state index in [9.17, 15) is 5.11 Å². The van der Waals surface area contributed by atoms with Crippen molar-refractivity contribution in [1.82, 2.24) is 0 Å². The molecule has 5 heteroatoms. The number of ether oxygens (including phenoxy) is 3. The number of aliphatic hydroxyl groups is 1. The molecule has 2 saturated heterocycles. The van der Waals surface area contributed by atoms with Crippen molar-refractivity contribution in [1.29, 1.82) is 0 Å². The lowest BCUT2D eigenvalue weighted by Crippen LogP contribution is -2.35. The third-order valence-corrected chi connectivity index (χ3v) is 2.07. The normalized spacial score (nSPS) is 51.0. The van der Waals surface area contributed by atoms with Crippen molar-refractivity contribution in [3.8, 4) is 0 Å². The maximum Gasteiger partial charge on any atom is 0.186 e. The highest BCUT2D eigenvalue weighted by atomic mass is 16.8. The molecule has 2 rings (SSSR count). The second kappa shape index (κ2) is 2.40. The van der Waals surface area contributed by atoms with E-state index in [-0.39, 0.29) is 6.10 Å². The van der Waals surface area contributed by atoms with Gasteiger partial charge < -0.3 is 25.1 Å². The van der Waals surface area contributed by atoms with E-state index in [1.165, 1.54) is 0 Å². The zero-order valence-corrected chi connectivity index (χ0v) is 7.06. The lowest BCUT2D eigenvalue weighted by Gasteiger charge is -2.20. The molecular formula is C7H13NO4. The van der Waals surface area contributed by atoms with Gasteiger partial charge in [-0.2, -0.15) is 0 Å². The van der Waals surface area contributed by atoms with Crippen molar-refractivity contribution in [2.75, 3.05) is 0 Å². The first-order chi connectivity index (χ1) is 5.49. The van der Waals surface area contributed by atoms with Crippen LogP contribution in [0, 0.1) is 0 Å². The summed E-state index contributed by atoms with van der Waals surface area (Å²) in [5.41, 5.74) is 5.54. The molecule has 2 aliphatic rings. The molecule has 0 radical (unpaired) electrons. The summed E-state index contributed by atoms with van der Waals surface area (Å²) in [5, 5.41) is 9.29. The largest absolute Gasteiger partial charge is 0.366 e. The molecule has 70 valence electrons. The first kappa shape index (κ1) is 8.40. The van der Waals surface area contributed by atoms with Gasteiger partial charge in [0, 0.05) is 0 Å². The van der Waals surface area contributed by atoms with E-state index in [2.05, 4.69) is 0 Å². The summed E-state index contributed by atoms with van der Waals surface area (Å²) < 4.78 is 15.7. The summed E-state index contributed by atoms with van der Waals surface area (Å²) in [5.74, 6) is -0.669. The molecule has 0 aromatic rings. The van der Waals surface area contributed by atoms with Gasteiger partial charge in [0.15, 0.2) is 12.1 Å². The van der Waals surface area contributed by atoms with Crippen molar-refractivity contribution in [2.24, 2.45) is 5.73 Å². The second-order valence-electron chi connectivity index (χ2n) is 3.56. The molecule has 4 atom stereocenters. The highest BCUT2D eigenvalue weighted by molar-refractivity contribution is 4.91. The van der Waals surface area contributed by atoms with Crippen LogP contribution in [-0.4, -0.2) is 35.6 Å². The number of fused-ring (bicyclic) bond motifs is 1. The van der Waals surface area contributed by atoms with Crippen LogP contribution in [0.3, 0.4) is 0 Å². The van der Waals surface area contributed by atoms with Crippen molar-refractivity contribution in [3.63, 3.8) is 0 Å². The van der Waals surface area contributed by atoms with Gasteiger partial charge in [0.1, 0.15) is 18.4 Å². The standard InChI is InChI=1S/C7H13NO4/c1-7(2)11-3-4(12-7)6(9)10-5(3)8/h3-6,9H,8H2,1-2H3/t3-,4+,5-,6+/m0/s1. The Kier molecular flexibility index (Phi) is 1.68. The van der Waals surface area contributed by atoms with Gasteiger partial charge in [-0.1, -0.05) is 0 Å². The minimum atomic E-state index is -0.966. The molecule has 0 unspecified atom stereocenters. The van der Waals surface area contributed by atoms with Gasteiger partial charge in [-0.25, -0.2) is 0 Å². The van der Waals surface area contributed by atoms with E-state index in [0.29, 0.717) is 0 Å². The number of rotatable bonds is 0. The van der Waals surface area contributed by atoms with Crippen molar-refractivity contribution >= 4 is 0 Å². The smallest absolute Gasteiger partial charge is 0.186 e. The summed E-state index contributed by atoms with van der Waals surface area (Å²) in [6, 6.07) is 0. The van der Waals surface area contributed by atoms with Gasteiger partial charge in [-0.05, 0) is 13.8 Å². The summed E-state index contributed by atoms with van der Waals surface area (Å²) in [6.07, 6.45) is -2.36. The molecule has 2 heterocycles. The van der Waals surface area contributed by atoms with Crippen molar-refractivity contribution < 1.29 is 19.3 Å². The molecule has 12 heavy (non-hydrogen) atoms. The first-order valence-electron chi connectivity index (χ1n) is 3.94. The second-order valence-corrected chi connectivity index (χ2v) is 3.56. The Morgan fingerprint density at radius 2 is 1.83 bits per heavy atom. The predicted molar refractivity (Wildman–Crippen MR) is 38.9 cm³/mol. The van der Waals surface area contributed by atoms with Crippen LogP contribution in [0.25, 0.3) is 0 Å². The Morgan fingerprint density at radius 3 is 2.42 bits per heavy atom. The Hall–Kier alpha value is -0.200. The fourth-order valence-electron chi connectivity index (χ4n) is 1.61. The van der Waals surface area contributed by atoms with E-state index in [4.69, 9.17) is 19.9 Å². The van der Waals surface area contributed by atoms with Gasteiger partial charge in [0.2, 0.25) is 0 Å². The molecule has 0 bridgehead atoms. The molecule has 0 aromatic heterocycles. The number of hydrogen-bond donors (Lipinski definition) is 2. The molecule has 3 N–H and O–H groups in total. The van der Waals surface area contributed by atoms with Gasteiger partial charge in [0.25, 0.3) is 0 Å². The van der Waals surface area contributed by atoms with E-state index in [0.717, 1.165) is 0 Å². The van der Waals surface area contributed by atoms with Crippen LogP contribution >= 0.6 is 0 Å². The molecule has 0 amide bonds. The quantitative estimate of drug-likeness (QED) is 0.501. The maximum atomic E-state index is 9.29. The van der Waals surface area contributed by atoms with Crippen molar-refractivity contribution in [3.05, 3.63) is 0 Å². The Morgan fingerprint density at radius 1 is 1.25 bits per heavy atom. The summed E-state index contributed by atoms with van der Waals surface area (Å²) in [7, 11) is 0. The maximum absolute atomic E-state index is 9.29. The van der Waals surface area contributed by atoms with Gasteiger partial charge in [-0.15, -0.1) is 0 Å². The molecule has 0 aromatic carbocycles. The Labute approximate surface area is 70.4 Å². The van der Waals surface area contributed by atoms with E-state index in [1.807, 2.05) is 0 Å². The number of hydrogen-bond acceptors (Lipinski definition) is 5. The SMILES string of the molecule is CC1(C)O[C@@H]2[C@H](O1)[C@@H](N)O[C@H]2O. The monoisotopic (exact) mass is 175 g/mol. The summed E-state index contributed by atoms with van der Waals surface area (Å²) in [6.45, 7) is 3.56. The molecular weight excluding hydrogens is 162 g/mol. The minimum absolute atomic E-state index is 0.352. The summed E-state index contributed by atoms with van der Waals surface area (Å²) >= 11 is 0. The molecule has 5 nitrogen and oxygen atoms in total. The van der Waals surface area contributed by atoms with Crippen molar-refractivity contribution in [2.45, 2.75) is 44.4 Å². The molecule has 0 aliphatic carbocycles. The van der Waals surface area contributed by atoms with Gasteiger partial charge in [0.05, 0.1) is 0 Å². The Balaban J connectivity index is 2.15. The molecule has 2 fully saturated rings. The highest BCUT2D eigenvalue weighted by Crippen LogP contribution is 2.36. The van der Waals surface area contributed by atoms with E-state index >= 15 is 0 Å². The van der Waals surface area contributed by atoms with Crippen LogP contribution in [0.5, 0.6) is 0 Å². The van der Waals surface area contributed by atoms with Crippen LogP contribution in [-0.2, 0) is 14.2 Å². The zero-order valence-electron chi connectivity index (χ0n) is 7.06. The van der Waals surface area contributed by atoms with Gasteiger partial charge in [-0.3, -0.25) is 0 Å². The van der Waals surface area contributed by atoms with Gasteiger partial charge >= 0.3 is 0 Å². The fourth-order valence-corrected chi connectivity index (χ4v) is 1.61. The number of nitrogens with two attached hydrogens (primary N) is 1. The lowest BCUT2D eigenvalue weighted by molar-refractivity contribution is -0.219. The average Bonchev–Trinajstić information content (AvgIpc) is 2.34. The van der Waals surface area contributed by atoms with E-state index in [1.54, 1.807) is 13.8 Å². The van der Waals surface area contributed by atoms with E-state index < -0.39 is 24.4 Å². The molecule has 2 aliphatic heterocycles. The minimum Gasteiger partial charge on any atom is -0.366 e. The predicted octanol–water partition coefficient (Wildman–Crippen LogP) is -0.860. The van der Waals surface area contributed by atoms with Crippen LogP contribution in [0.15, 0.2) is 0 Å².